The number of allylic oxidation sites excluding steroid dienone is 4. The van der Waals surface area contributed by atoms with E-state index in [2.05, 4.69) is 30.3 Å². The van der Waals surface area contributed by atoms with Crippen molar-refractivity contribution in [2.24, 2.45) is 0 Å². The molecule has 1 aliphatic carbocycles. The molecule has 1 heteroatoms. The fraction of sp³-hybridized carbons (Fsp3) is 0.238. The average molecular weight is 292 g/mol. The second-order valence-corrected chi connectivity index (χ2v) is 5.79. The Balaban J connectivity index is 1.97. The summed E-state index contributed by atoms with van der Waals surface area (Å²) in [6.07, 6.45) is 7.97. The molecule has 112 valence electrons. The second-order valence-electron chi connectivity index (χ2n) is 5.79. The minimum Gasteiger partial charge on any atom is -0.207 e. The van der Waals surface area contributed by atoms with Gasteiger partial charge < -0.3 is 0 Å². The van der Waals surface area contributed by atoms with Crippen LogP contribution >= 0.6 is 0 Å². The van der Waals surface area contributed by atoms with Crippen molar-refractivity contribution in [1.29, 1.82) is 0 Å². The van der Waals surface area contributed by atoms with E-state index in [0.29, 0.717) is 0 Å². The topological polar surface area (TPSA) is 0 Å². The van der Waals surface area contributed by atoms with Gasteiger partial charge in [0.15, 0.2) is 0 Å². The minimum absolute atomic E-state index is 0.0368. The molecule has 0 radical (unpaired) electrons. The molecule has 0 aromatic heterocycles. The quantitative estimate of drug-likeness (QED) is 0.632. The van der Waals surface area contributed by atoms with Crippen LogP contribution in [0.5, 0.6) is 0 Å². The second kappa shape index (κ2) is 7.22. The fourth-order valence-electron chi connectivity index (χ4n) is 3.01. The number of hydrogen-bond acceptors (Lipinski definition) is 0. The zero-order valence-corrected chi connectivity index (χ0v) is 12.7. The summed E-state index contributed by atoms with van der Waals surface area (Å²) in [6.45, 7) is 0. The summed E-state index contributed by atoms with van der Waals surface area (Å²) in [5, 5.41) is 0. The van der Waals surface area contributed by atoms with Crippen LogP contribution in [0.25, 0.3) is 0 Å². The van der Waals surface area contributed by atoms with Crippen LogP contribution in [0.1, 0.15) is 42.7 Å². The SMILES string of the molecule is F/C(=C/C(c1ccccc1)c1ccccc1)C1=CCCCC1. The van der Waals surface area contributed by atoms with Gasteiger partial charge in [0, 0.05) is 5.92 Å². The maximum Gasteiger partial charge on any atom is 0.123 e. The number of hydrogen-bond donors (Lipinski definition) is 0. The third-order valence-electron chi connectivity index (χ3n) is 4.23. The molecule has 2 aromatic rings. The van der Waals surface area contributed by atoms with Crippen LogP contribution in [-0.2, 0) is 0 Å². The van der Waals surface area contributed by atoms with Gasteiger partial charge in [-0.05, 0) is 48.5 Å². The van der Waals surface area contributed by atoms with Gasteiger partial charge in [0.05, 0.1) is 0 Å². The molecule has 0 fully saturated rings. The monoisotopic (exact) mass is 292 g/mol. The zero-order chi connectivity index (χ0) is 15.2. The molecule has 2 aromatic carbocycles. The number of halogens is 1. The van der Waals surface area contributed by atoms with Crippen molar-refractivity contribution in [1.82, 2.24) is 0 Å². The maximum atomic E-state index is 14.7. The van der Waals surface area contributed by atoms with Crippen LogP contribution in [0.15, 0.2) is 84.2 Å². The Morgan fingerprint density at radius 2 is 1.45 bits per heavy atom. The third kappa shape index (κ3) is 3.54. The molecule has 0 spiro atoms. The van der Waals surface area contributed by atoms with E-state index in [-0.39, 0.29) is 11.7 Å². The summed E-state index contributed by atoms with van der Waals surface area (Å²) in [6, 6.07) is 20.3. The van der Waals surface area contributed by atoms with E-state index in [1.165, 1.54) is 6.42 Å². The van der Waals surface area contributed by atoms with Crippen molar-refractivity contribution in [3.05, 3.63) is 95.3 Å². The Labute approximate surface area is 132 Å². The van der Waals surface area contributed by atoms with E-state index in [4.69, 9.17) is 0 Å². The highest BCUT2D eigenvalue weighted by molar-refractivity contribution is 5.40. The van der Waals surface area contributed by atoms with Gasteiger partial charge >= 0.3 is 0 Å². The normalized spacial score (nSPS) is 15.7. The summed E-state index contributed by atoms with van der Waals surface area (Å²) in [5.74, 6) is -0.0948. The van der Waals surface area contributed by atoms with E-state index in [1.807, 2.05) is 36.4 Å². The molecule has 0 heterocycles. The minimum atomic E-state index is -0.0580. The Bertz CT molecular complexity index is 613. The molecule has 0 atom stereocenters. The lowest BCUT2D eigenvalue weighted by Crippen LogP contribution is -2.00. The lowest BCUT2D eigenvalue weighted by Gasteiger charge is -2.16. The van der Waals surface area contributed by atoms with Crippen LogP contribution in [0.3, 0.4) is 0 Å². The Morgan fingerprint density at radius 3 is 1.95 bits per heavy atom. The summed E-state index contributed by atoms with van der Waals surface area (Å²) >= 11 is 0. The predicted molar refractivity (Wildman–Crippen MR) is 90.5 cm³/mol. The molecule has 1 aliphatic rings. The largest absolute Gasteiger partial charge is 0.207 e. The van der Waals surface area contributed by atoms with Crippen LogP contribution in [-0.4, -0.2) is 0 Å². The molecule has 22 heavy (non-hydrogen) atoms. The van der Waals surface area contributed by atoms with E-state index in [1.54, 1.807) is 6.08 Å². The summed E-state index contributed by atoms with van der Waals surface area (Å²) < 4.78 is 14.7. The van der Waals surface area contributed by atoms with Crippen molar-refractivity contribution in [3.8, 4) is 0 Å². The van der Waals surface area contributed by atoms with Crippen molar-refractivity contribution < 1.29 is 4.39 Å². The van der Waals surface area contributed by atoms with Gasteiger partial charge in [-0.3, -0.25) is 0 Å². The first-order valence-electron chi connectivity index (χ1n) is 8.01. The molecule has 0 N–H and O–H groups in total. The standard InChI is InChI=1S/C21H21F/c22-21(19-14-8-3-9-15-19)16-20(17-10-4-1-5-11-17)18-12-6-2-7-13-18/h1-2,4-7,10-14,16,20H,3,8-9,15H2/b21-16+. The fourth-order valence-corrected chi connectivity index (χ4v) is 3.01. The van der Waals surface area contributed by atoms with Gasteiger partial charge in [-0.15, -0.1) is 0 Å². The van der Waals surface area contributed by atoms with Crippen molar-refractivity contribution in [2.45, 2.75) is 31.6 Å². The summed E-state index contributed by atoms with van der Waals surface area (Å²) in [5.41, 5.74) is 3.13. The first-order chi connectivity index (χ1) is 10.8. The van der Waals surface area contributed by atoms with Crippen molar-refractivity contribution in [2.75, 3.05) is 0 Å². The molecular weight excluding hydrogens is 271 g/mol. The Morgan fingerprint density at radius 1 is 0.864 bits per heavy atom. The summed E-state index contributed by atoms with van der Waals surface area (Å²) in [7, 11) is 0. The Hall–Kier alpha value is -2.15. The van der Waals surface area contributed by atoms with Gasteiger partial charge in [0.2, 0.25) is 0 Å². The molecule has 0 aliphatic heterocycles. The number of rotatable bonds is 4. The highest BCUT2D eigenvalue weighted by atomic mass is 19.1. The van der Waals surface area contributed by atoms with Crippen LogP contribution < -0.4 is 0 Å². The number of benzene rings is 2. The zero-order valence-electron chi connectivity index (χ0n) is 12.7. The molecule has 0 unspecified atom stereocenters. The highest BCUT2D eigenvalue weighted by Crippen LogP contribution is 2.31. The highest BCUT2D eigenvalue weighted by Gasteiger charge is 2.15. The van der Waals surface area contributed by atoms with Gasteiger partial charge in [-0.2, -0.15) is 0 Å². The predicted octanol–water partition coefficient (Wildman–Crippen LogP) is 6.17. The van der Waals surface area contributed by atoms with Gasteiger partial charge in [-0.1, -0.05) is 66.7 Å². The maximum absolute atomic E-state index is 14.7. The van der Waals surface area contributed by atoms with E-state index < -0.39 is 0 Å². The van der Waals surface area contributed by atoms with E-state index in [0.717, 1.165) is 36.0 Å². The van der Waals surface area contributed by atoms with Crippen molar-refractivity contribution in [3.63, 3.8) is 0 Å². The van der Waals surface area contributed by atoms with E-state index >= 15 is 0 Å². The molecule has 0 amide bonds. The van der Waals surface area contributed by atoms with E-state index in [9.17, 15) is 4.39 Å². The van der Waals surface area contributed by atoms with Crippen LogP contribution in [0, 0.1) is 0 Å². The molecule has 0 saturated carbocycles. The average Bonchev–Trinajstić information content (AvgIpc) is 2.62. The molecule has 0 nitrogen and oxygen atoms in total. The van der Waals surface area contributed by atoms with Crippen LogP contribution in [0.4, 0.5) is 4.39 Å². The first-order valence-corrected chi connectivity index (χ1v) is 8.01. The van der Waals surface area contributed by atoms with Gasteiger partial charge in [0.25, 0.3) is 0 Å². The van der Waals surface area contributed by atoms with Crippen LogP contribution in [0.2, 0.25) is 0 Å². The van der Waals surface area contributed by atoms with Gasteiger partial charge in [0.1, 0.15) is 5.83 Å². The summed E-state index contributed by atoms with van der Waals surface area (Å²) in [4.78, 5) is 0. The Kier molecular flexibility index (Phi) is 4.85. The molecule has 0 saturated heterocycles. The van der Waals surface area contributed by atoms with Crippen molar-refractivity contribution >= 4 is 0 Å². The smallest absolute Gasteiger partial charge is 0.123 e. The molecule has 0 bridgehead atoms. The van der Waals surface area contributed by atoms with Gasteiger partial charge in [-0.25, -0.2) is 4.39 Å². The molecule has 3 rings (SSSR count). The first kappa shape index (κ1) is 14.8. The lowest BCUT2D eigenvalue weighted by molar-refractivity contribution is 0.601. The lowest BCUT2D eigenvalue weighted by atomic mass is 9.89. The molecular formula is C21H21F. The third-order valence-corrected chi connectivity index (χ3v) is 4.23.